The molecule has 7 nitrogen and oxygen atoms in total. The molecule has 2 aliphatic heterocycles. The standard InChI is InChI=1S/C18H22FN5O2/c19-15-8-22-17(23-9-15)24-4-5-25-13-18(12-24)6-14(11-26-18)7-21-16-2-1-3-20-10-16/h1-3,8-10,14,21H,4-7,11-13H2. The minimum Gasteiger partial charge on any atom is -0.383 e. The van der Waals surface area contributed by atoms with Gasteiger partial charge in [0.15, 0.2) is 5.82 Å². The van der Waals surface area contributed by atoms with Gasteiger partial charge in [-0.2, -0.15) is 0 Å². The van der Waals surface area contributed by atoms with Crippen LogP contribution in [0, 0.1) is 11.7 Å². The molecule has 1 spiro atoms. The quantitative estimate of drug-likeness (QED) is 0.891. The first-order chi connectivity index (χ1) is 12.7. The lowest BCUT2D eigenvalue weighted by Gasteiger charge is -2.31. The summed E-state index contributed by atoms with van der Waals surface area (Å²) in [7, 11) is 0. The van der Waals surface area contributed by atoms with Gasteiger partial charge < -0.3 is 19.7 Å². The molecule has 4 rings (SSSR count). The van der Waals surface area contributed by atoms with Crippen LogP contribution in [0.5, 0.6) is 0 Å². The maximum Gasteiger partial charge on any atom is 0.225 e. The summed E-state index contributed by atoms with van der Waals surface area (Å²) in [5.74, 6) is 0.456. The fourth-order valence-electron chi connectivity index (χ4n) is 3.55. The molecule has 2 saturated heterocycles. The second-order valence-electron chi connectivity index (χ2n) is 6.86. The van der Waals surface area contributed by atoms with Crippen molar-refractivity contribution in [2.24, 2.45) is 5.92 Å². The van der Waals surface area contributed by atoms with Crippen LogP contribution in [0.4, 0.5) is 16.0 Å². The molecule has 1 N–H and O–H groups in total. The van der Waals surface area contributed by atoms with Crippen molar-refractivity contribution in [2.75, 3.05) is 49.7 Å². The van der Waals surface area contributed by atoms with Gasteiger partial charge in [-0.25, -0.2) is 14.4 Å². The van der Waals surface area contributed by atoms with E-state index in [1.165, 1.54) is 12.4 Å². The summed E-state index contributed by atoms with van der Waals surface area (Å²) in [6, 6.07) is 3.91. The number of pyridine rings is 1. The van der Waals surface area contributed by atoms with Gasteiger partial charge in [-0.15, -0.1) is 0 Å². The summed E-state index contributed by atoms with van der Waals surface area (Å²) in [5, 5.41) is 3.41. The predicted octanol–water partition coefficient (Wildman–Crippen LogP) is 1.73. The largest absolute Gasteiger partial charge is 0.383 e. The van der Waals surface area contributed by atoms with Crippen molar-refractivity contribution < 1.29 is 13.9 Å². The molecule has 2 atom stereocenters. The van der Waals surface area contributed by atoms with Crippen molar-refractivity contribution in [1.82, 2.24) is 15.0 Å². The Balaban J connectivity index is 1.40. The highest BCUT2D eigenvalue weighted by Crippen LogP contribution is 2.33. The molecule has 0 aromatic carbocycles. The molecule has 4 heterocycles. The Kier molecular flexibility index (Phi) is 4.94. The molecule has 8 heteroatoms. The molecule has 138 valence electrons. The molecule has 0 bridgehead atoms. The van der Waals surface area contributed by atoms with Gasteiger partial charge in [0, 0.05) is 31.4 Å². The van der Waals surface area contributed by atoms with E-state index in [4.69, 9.17) is 9.47 Å². The number of hydrogen-bond donors (Lipinski definition) is 1. The number of aromatic nitrogens is 3. The zero-order valence-electron chi connectivity index (χ0n) is 14.5. The van der Waals surface area contributed by atoms with Crippen LogP contribution >= 0.6 is 0 Å². The summed E-state index contributed by atoms with van der Waals surface area (Å²) < 4.78 is 25.1. The molecule has 2 unspecified atom stereocenters. The Hall–Kier alpha value is -2.32. The number of anilines is 2. The molecular formula is C18H22FN5O2. The molecule has 2 aromatic rings. The van der Waals surface area contributed by atoms with Crippen LogP contribution in [0.15, 0.2) is 36.9 Å². The number of halogens is 1. The van der Waals surface area contributed by atoms with E-state index >= 15 is 0 Å². The molecule has 0 radical (unpaired) electrons. The maximum atomic E-state index is 13.1. The van der Waals surface area contributed by atoms with Gasteiger partial charge in [0.2, 0.25) is 5.95 Å². The van der Waals surface area contributed by atoms with Crippen LogP contribution in [-0.2, 0) is 9.47 Å². The second-order valence-corrected chi connectivity index (χ2v) is 6.86. The zero-order valence-corrected chi connectivity index (χ0v) is 14.5. The fraction of sp³-hybridized carbons (Fsp3) is 0.500. The van der Waals surface area contributed by atoms with Crippen LogP contribution < -0.4 is 10.2 Å². The van der Waals surface area contributed by atoms with Crippen molar-refractivity contribution in [3.05, 3.63) is 42.7 Å². The van der Waals surface area contributed by atoms with Gasteiger partial charge in [-0.3, -0.25) is 4.98 Å². The van der Waals surface area contributed by atoms with Crippen LogP contribution in [0.3, 0.4) is 0 Å². The molecular weight excluding hydrogens is 337 g/mol. The van der Waals surface area contributed by atoms with Gasteiger partial charge in [-0.1, -0.05) is 0 Å². The van der Waals surface area contributed by atoms with Crippen molar-refractivity contribution in [3.8, 4) is 0 Å². The van der Waals surface area contributed by atoms with Crippen LogP contribution in [0.1, 0.15) is 6.42 Å². The summed E-state index contributed by atoms with van der Waals surface area (Å²) >= 11 is 0. The number of nitrogens with one attached hydrogen (secondary N) is 1. The van der Waals surface area contributed by atoms with E-state index in [9.17, 15) is 4.39 Å². The van der Waals surface area contributed by atoms with Gasteiger partial charge in [0.25, 0.3) is 0 Å². The SMILES string of the molecule is Fc1cnc(N2CCOCC3(CC(CNc4cccnc4)CO3)C2)nc1. The monoisotopic (exact) mass is 359 g/mol. The second kappa shape index (κ2) is 7.51. The maximum absolute atomic E-state index is 13.1. The smallest absolute Gasteiger partial charge is 0.225 e. The minimum absolute atomic E-state index is 0.379. The molecule has 2 aliphatic rings. The fourth-order valence-corrected chi connectivity index (χ4v) is 3.55. The lowest BCUT2D eigenvalue weighted by Crippen LogP contribution is -2.44. The van der Waals surface area contributed by atoms with Crippen molar-refractivity contribution in [3.63, 3.8) is 0 Å². The van der Waals surface area contributed by atoms with E-state index < -0.39 is 5.82 Å². The Bertz CT molecular complexity index is 717. The average molecular weight is 359 g/mol. The van der Waals surface area contributed by atoms with Crippen LogP contribution in [0.2, 0.25) is 0 Å². The van der Waals surface area contributed by atoms with Gasteiger partial charge in [0.1, 0.15) is 5.60 Å². The molecule has 2 aromatic heterocycles. The summed E-state index contributed by atoms with van der Waals surface area (Å²) in [5.41, 5.74) is 0.627. The third-order valence-electron chi connectivity index (χ3n) is 4.78. The summed E-state index contributed by atoms with van der Waals surface area (Å²) in [6.07, 6.45) is 6.84. The molecule has 0 amide bonds. The van der Waals surface area contributed by atoms with Gasteiger partial charge >= 0.3 is 0 Å². The Morgan fingerprint density at radius 3 is 3.00 bits per heavy atom. The lowest BCUT2D eigenvalue weighted by atomic mass is 9.94. The molecule has 0 saturated carbocycles. The van der Waals surface area contributed by atoms with E-state index in [2.05, 4.69) is 20.3 Å². The minimum atomic E-state index is -0.437. The first-order valence-corrected chi connectivity index (χ1v) is 8.81. The Morgan fingerprint density at radius 1 is 1.31 bits per heavy atom. The topological polar surface area (TPSA) is 72.4 Å². The third kappa shape index (κ3) is 3.91. The van der Waals surface area contributed by atoms with E-state index in [0.29, 0.717) is 44.8 Å². The first-order valence-electron chi connectivity index (χ1n) is 8.81. The highest BCUT2D eigenvalue weighted by atomic mass is 19.1. The van der Waals surface area contributed by atoms with Crippen LogP contribution in [0.25, 0.3) is 0 Å². The predicted molar refractivity (Wildman–Crippen MR) is 94.5 cm³/mol. The van der Waals surface area contributed by atoms with Gasteiger partial charge in [-0.05, 0) is 18.6 Å². The number of rotatable bonds is 4. The Labute approximate surface area is 151 Å². The molecule has 0 aliphatic carbocycles. The lowest BCUT2D eigenvalue weighted by molar-refractivity contribution is -0.0457. The number of ether oxygens (including phenoxy) is 2. The van der Waals surface area contributed by atoms with Gasteiger partial charge in [0.05, 0.1) is 44.4 Å². The third-order valence-corrected chi connectivity index (χ3v) is 4.78. The van der Waals surface area contributed by atoms with Crippen molar-refractivity contribution >= 4 is 11.6 Å². The zero-order chi connectivity index (χ0) is 17.8. The average Bonchev–Trinajstić information content (AvgIpc) is 2.95. The van der Waals surface area contributed by atoms with E-state index in [0.717, 1.165) is 18.7 Å². The normalized spacial score (nSPS) is 26.0. The number of hydrogen-bond acceptors (Lipinski definition) is 7. The van der Waals surface area contributed by atoms with Crippen LogP contribution in [-0.4, -0.2) is 60.0 Å². The first kappa shape index (κ1) is 17.1. The van der Waals surface area contributed by atoms with Crippen molar-refractivity contribution in [2.45, 2.75) is 12.0 Å². The van der Waals surface area contributed by atoms with E-state index in [-0.39, 0.29) is 5.60 Å². The summed E-state index contributed by atoms with van der Waals surface area (Å²) in [6.45, 7) is 3.92. The highest BCUT2D eigenvalue weighted by molar-refractivity contribution is 5.39. The Morgan fingerprint density at radius 2 is 2.19 bits per heavy atom. The molecule has 26 heavy (non-hydrogen) atoms. The van der Waals surface area contributed by atoms with E-state index in [1.54, 1.807) is 6.20 Å². The summed E-state index contributed by atoms with van der Waals surface area (Å²) in [4.78, 5) is 14.3. The highest BCUT2D eigenvalue weighted by Gasteiger charge is 2.43. The van der Waals surface area contributed by atoms with E-state index in [1.807, 2.05) is 23.2 Å². The number of nitrogens with zero attached hydrogens (tertiary/aromatic N) is 4. The van der Waals surface area contributed by atoms with Crippen molar-refractivity contribution in [1.29, 1.82) is 0 Å². The molecule has 2 fully saturated rings.